The first-order valence-electron chi connectivity index (χ1n) is 11.3. The van der Waals surface area contributed by atoms with Gasteiger partial charge in [0, 0.05) is 39.1 Å². The van der Waals surface area contributed by atoms with E-state index >= 15 is 0 Å². The number of nitrogens with one attached hydrogen (secondary N) is 1. The third-order valence-corrected chi connectivity index (χ3v) is 5.83. The number of halogens is 3. The van der Waals surface area contributed by atoms with Crippen molar-refractivity contribution >= 4 is 5.91 Å². The molecule has 34 heavy (non-hydrogen) atoms. The van der Waals surface area contributed by atoms with E-state index in [0.29, 0.717) is 6.42 Å². The van der Waals surface area contributed by atoms with E-state index in [1.807, 2.05) is 30.3 Å². The van der Waals surface area contributed by atoms with Gasteiger partial charge in [-0.2, -0.15) is 13.2 Å². The molecule has 1 fully saturated rings. The van der Waals surface area contributed by atoms with Crippen LogP contribution < -0.4 is 14.8 Å². The Morgan fingerprint density at radius 3 is 2.41 bits per heavy atom. The molecule has 6 nitrogen and oxygen atoms in total. The van der Waals surface area contributed by atoms with Crippen LogP contribution in [-0.2, 0) is 11.2 Å². The lowest BCUT2D eigenvalue weighted by atomic mass is 10.0. The number of alkyl halides is 3. The number of aryl methyl sites for hydroxylation is 1. The van der Waals surface area contributed by atoms with E-state index in [9.17, 15) is 18.0 Å². The molecule has 0 saturated carbocycles. The van der Waals surface area contributed by atoms with Gasteiger partial charge in [0.05, 0.1) is 13.2 Å². The highest BCUT2D eigenvalue weighted by Gasteiger charge is 2.29. The summed E-state index contributed by atoms with van der Waals surface area (Å²) >= 11 is 0. The first-order valence-corrected chi connectivity index (χ1v) is 11.3. The third kappa shape index (κ3) is 8.22. The van der Waals surface area contributed by atoms with Gasteiger partial charge in [-0.25, -0.2) is 0 Å². The molecule has 1 amide bonds. The smallest absolute Gasteiger partial charge is 0.422 e. The Kier molecular flexibility index (Phi) is 9.18. The zero-order valence-electron chi connectivity index (χ0n) is 19.6. The molecule has 0 bridgehead atoms. The SMILES string of the molecule is COc1cc(CCC(=O)NC(CN2CCN(C)CC2)c2ccccc2)ccc1OCC(F)(F)F. The second-order valence-electron chi connectivity index (χ2n) is 8.52. The normalized spacial score (nSPS) is 16.1. The zero-order chi connectivity index (χ0) is 24.6. The fraction of sp³-hybridized carbons (Fsp3) is 0.480. The van der Waals surface area contributed by atoms with Gasteiger partial charge in [0.25, 0.3) is 0 Å². The van der Waals surface area contributed by atoms with E-state index in [0.717, 1.165) is 43.9 Å². The van der Waals surface area contributed by atoms with Crippen LogP contribution in [0.1, 0.15) is 23.6 Å². The molecular weight excluding hydrogens is 447 g/mol. The maximum absolute atomic E-state index is 12.8. The van der Waals surface area contributed by atoms with E-state index in [2.05, 4.69) is 22.2 Å². The van der Waals surface area contributed by atoms with Gasteiger partial charge in [0.1, 0.15) is 0 Å². The molecule has 186 valence electrons. The average Bonchev–Trinajstić information content (AvgIpc) is 2.82. The molecule has 1 unspecified atom stereocenters. The minimum absolute atomic E-state index is 0.0179. The van der Waals surface area contributed by atoms with Gasteiger partial charge in [-0.3, -0.25) is 9.69 Å². The topological polar surface area (TPSA) is 54.0 Å². The number of hydrogen-bond acceptors (Lipinski definition) is 5. The van der Waals surface area contributed by atoms with Crippen LogP contribution in [0, 0.1) is 0 Å². The van der Waals surface area contributed by atoms with Crippen LogP contribution in [0.2, 0.25) is 0 Å². The molecule has 3 rings (SSSR count). The van der Waals surface area contributed by atoms with Gasteiger partial charge in [-0.15, -0.1) is 0 Å². The number of carbonyl (C=O) groups excluding carboxylic acids is 1. The predicted molar refractivity (Wildman–Crippen MR) is 124 cm³/mol. The van der Waals surface area contributed by atoms with Gasteiger partial charge in [0.15, 0.2) is 18.1 Å². The quantitative estimate of drug-likeness (QED) is 0.564. The second kappa shape index (κ2) is 12.1. The number of piperazine rings is 1. The fourth-order valence-electron chi connectivity index (χ4n) is 3.88. The van der Waals surface area contributed by atoms with E-state index in [1.165, 1.54) is 13.2 Å². The number of amides is 1. The molecule has 2 aromatic rings. The Morgan fingerprint density at radius 2 is 1.76 bits per heavy atom. The van der Waals surface area contributed by atoms with Crippen molar-refractivity contribution in [1.82, 2.24) is 15.1 Å². The molecule has 1 aliphatic heterocycles. The zero-order valence-corrected chi connectivity index (χ0v) is 19.6. The lowest BCUT2D eigenvalue weighted by Crippen LogP contribution is -2.47. The largest absolute Gasteiger partial charge is 0.493 e. The van der Waals surface area contributed by atoms with E-state index < -0.39 is 12.8 Å². The Labute approximate surface area is 198 Å². The number of likely N-dealkylation sites (N-methyl/N-ethyl adjacent to an activating group) is 1. The highest BCUT2D eigenvalue weighted by molar-refractivity contribution is 5.76. The molecule has 0 aliphatic carbocycles. The second-order valence-corrected chi connectivity index (χ2v) is 8.52. The monoisotopic (exact) mass is 479 g/mol. The van der Waals surface area contributed by atoms with Crippen LogP contribution in [0.25, 0.3) is 0 Å². The molecule has 2 aromatic carbocycles. The minimum Gasteiger partial charge on any atom is -0.493 e. The summed E-state index contributed by atoms with van der Waals surface area (Å²) in [5, 5.41) is 3.16. The summed E-state index contributed by atoms with van der Waals surface area (Å²) in [7, 11) is 3.48. The van der Waals surface area contributed by atoms with Crippen molar-refractivity contribution in [3.05, 3.63) is 59.7 Å². The van der Waals surface area contributed by atoms with E-state index in [1.54, 1.807) is 12.1 Å². The Bertz CT molecular complexity index is 917. The molecule has 0 aromatic heterocycles. The predicted octanol–water partition coefficient (Wildman–Crippen LogP) is 3.67. The standard InChI is InChI=1S/C25H32F3N3O3/c1-30-12-14-31(15-13-30)17-21(20-6-4-3-5-7-20)29-24(32)11-9-19-8-10-22(23(16-19)33-2)34-18-25(26,27)28/h3-8,10,16,21H,9,11-15,17-18H2,1-2H3,(H,29,32). The average molecular weight is 480 g/mol. The van der Waals surface area contributed by atoms with Gasteiger partial charge < -0.3 is 19.7 Å². The van der Waals surface area contributed by atoms with Crippen molar-refractivity contribution in [3.63, 3.8) is 0 Å². The number of nitrogens with zero attached hydrogens (tertiary/aromatic N) is 2. The Balaban J connectivity index is 1.58. The number of rotatable bonds is 10. The maximum Gasteiger partial charge on any atom is 0.422 e. The highest BCUT2D eigenvalue weighted by atomic mass is 19.4. The minimum atomic E-state index is -4.43. The number of benzene rings is 2. The van der Waals surface area contributed by atoms with Crippen molar-refractivity contribution in [3.8, 4) is 11.5 Å². The molecule has 1 N–H and O–H groups in total. The lowest BCUT2D eigenvalue weighted by Gasteiger charge is -2.35. The summed E-state index contributed by atoms with van der Waals surface area (Å²) in [4.78, 5) is 17.5. The van der Waals surface area contributed by atoms with E-state index in [4.69, 9.17) is 9.47 Å². The molecule has 9 heteroatoms. The molecular formula is C25H32F3N3O3. The summed E-state index contributed by atoms with van der Waals surface area (Å²) in [6.07, 6.45) is -3.75. The number of hydrogen-bond donors (Lipinski definition) is 1. The summed E-state index contributed by atoms with van der Waals surface area (Å²) in [6.45, 7) is 3.26. The molecule has 0 radical (unpaired) electrons. The highest BCUT2D eigenvalue weighted by Crippen LogP contribution is 2.30. The van der Waals surface area contributed by atoms with Crippen LogP contribution in [0.5, 0.6) is 11.5 Å². The number of ether oxygens (including phenoxy) is 2. The number of methoxy groups -OCH3 is 1. The van der Waals surface area contributed by atoms with Crippen molar-refractivity contribution in [2.45, 2.75) is 25.1 Å². The van der Waals surface area contributed by atoms with Gasteiger partial charge in [0.2, 0.25) is 5.91 Å². The fourth-order valence-corrected chi connectivity index (χ4v) is 3.88. The molecule has 1 aliphatic rings. The molecule has 1 atom stereocenters. The van der Waals surface area contributed by atoms with Crippen molar-refractivity contribution < 1.29 is 27.4 Å². The molecule has 0 spiro atoms. The van der Waals surface area contributed by atoms with Gasteiger partial charge in [-0.05, 0) is 36.7 Å². The molecule has 1 heterocycles. The molecule has 1 saturated heterocycles. The van der Waals surface area contributed by atoms with Crippen molar-refractivity contribution in [2.24, 2.45) is 0 Å². The summed E-state index contributed by atoms with van der Waals surface area (Å²) < 4.78 is 47.3. The van der Waals surface area contributed by atoms with Crippen LogP contribution in [0.15, 0.2) is 48.5 Å². The van der Waals surface area contributed by atoms with Gasteiger partial charge in [-0.1, -0.05) is 36.4 Å². The van der Waals surface area contributed by atoms with Crippen molar-refractivity contribution in [2.75, 3.05) is 53.5 Å². The van der Waals surface area contributed by atoms with Crippen molar-refractivity contribution in [1.29, 1.82) is 0 Å². The maximum atomic E-state index is 12.8. The van der Waals surface area contributed by atoms with Crippen LogP contribution in [-0.4, -0.2) is 75.4 Å². The Hall–Kier alpha value is -2.78. The summed E-state index contributed by atoms with van der Waals surface area (Å²) in [5.74, 6) is 0.142. The Morgan fingerprint density at radius 1 is 1.06 bits per heavy atom. The summed E-state index contributed by atoms with van der Waals surface area (Å²) in [6, 6.07) is 14.5. The first kappa shape index (κ1) is 25.8. The van der Waals surface area contributed by atoms with Crippen LogP contribution >= 0.6 is 0 Å². The first-order chi connectivity index (χ1) is 16.2. The van der Waals surface area contributed by atoms with Crippen LogP contribution in [0.4, 0.5) is 13.2 Å². The summed E-state index contributed by atoms with van der Waals surface area (Å²) in [5.41, 5.74) is 1.84. The number of carbonyl (C=O) groups is 1. The van der Waals surface area contributed by atoms with E-state index in [-0.39, 0.29) is 29.9 Å². The third-order valence-electron chi connectivity index (χ3n) is 5.83. The van der Waals surface area contributed by atoms with Gasteiger partial charge >= 0.3 is 6.18 Å². The lowest BCUT2D eigenvalue weighted by molar-refractivity contribution is -0.153. The van der Waals surface area contributed by atoms with Crippen LogP contribution in [0.3, 0.4) is 0 Å².